The predicted molar refractivity (Wildman–Crippen MR) is 117 cm³/mol. The van der Waals surface area contributed by atoms with Crippen molar-refractivity contribution in [3.05, 3.63) is 80.4 Å². The first-order valence-corrected chi connectivity index (χ1v) is 10.2. The molecular formula is C23H27N3O4. The lowest BCUT2D eigenvalue weighted by Gasteiger charge is -2.14. The highest BCUT2D eigenvalue weighted by molar-refractivity contribution is 5.94. The number of nitrogens with one attached hydrogen (secondary N) is 1. The number of ether oxygens (including phenoxy) is 1. The summed E-state index contributed by atoms with van der Waals surface area (Å²) in [5, 5.41) is 2.86. The van der Waals surface area contributed by atoms with Crippen LogP contribution in [0.15, 0.2) is 58.1 Å². The number of rotatable bonds is 9. The minimum atomic E-state index is -0.549. The van der Waals surface area contributed by atoms with Gasteiger partial charge in [-0.25, -0.2) is 0 Å². The molecule has 0 radical (unpaired) electrons. The first-order chi connectivity index (χ1) is 14.6. The first kappa shape index (κ1) is 21.5. The number of aromatic nitrogens is 2. The molecule has 30 heavy (non-hydrogen) atoms. The van der Waals surface area contributed by atoms with Gasteiger partial charge in [-0.3, -0.25) is 19.0 Å². The van der Waals surface area contributed by atoms with Gasteiger partial charge in [0.1, 0.15) is 0 Å². The second-order valence-electron chi connectivity index (χ2n) is 6.93. The molecule has 1 heterocycles. The number of carbonyl (C=O) groups excluding carboxylic acids is 1. The van der Waals surface area contributed by atoms with Crippen molar-refractivity contribution in [1.82, 2.24) is 14.5 Å². The summed E-state index contributed by atoms with van der Waals surface area (Å²) in [6.45, 7) is 6.32. The van der Waals surface area contributed by atoms with Crippen molar-refractivity contribution in [2.45, 2.75) is 33.4 Å². The Morgan fingerprint density at radius 2 is 1.57 bits per heavy atom. The summed E-state index contributed by atoms with van der Waals surface area (Å²) in [4.78, 5) is 37.4. The molecule has 1 aromatic heterocycles. The number of carbonyl (C=O) groups is 1. The number of amides is 1. The summed E-state index contributed by atoms with van der Waals surface area (Å²) in [6, 6.07) is 14.5. The van der Waals surface area contributed by atoms with Gasteiger partial charge < -0.3 is 14.6 Å². The third-order valence-electron chi connectivity index (χ3n) is 4.96. The summed E-state index contributed by atoms with van der Waals surface area (Å²) in [7, 11) is 0. The van der Waals surface area contributed by atoms with Crippen molar-refractivity contribution in [1.29, 1.82) is 0 Å². The Labute approximate surface area is 174 Å². The second kappa shape index (κ2) is 10.0. The van der Waals surface area contributed by atoms with E-state index in [1.165, 1.54) is 9.13 Å². The van der Waals surface area contributed by atoms with Gasteiger partial charge in [0, 0.05) is 31.9 Å². The van der Waals surface area contributed by atoms with E-state index in [9.17, 15) is 14.4 Å². The Bertz CT molecular complexity index is 1130. The molecule has 0 atom stereocenters. The molecule has 0 aliphatic carbocycles. The van der Waals surface area contributed by atoms with Gasteiger partial charge in [0.05, 0.1) is 17.6 Å². The van der Waals surface area contributed by atoms with Gasteiger partial charge in [-0.1, -0.05) is 24.3 Å². The summed E-state index contributed by atoms with van der Waals surface area (Å²) in [5.41, 5.74) is 1.75. The molecular weight excluding hydrogens is 382 g/mol. The Kier molecular flexibility index (Phi) is 7.19. The SMILES string of the molecule is CCOCCCNC(=O)c1ccc(Cn2c(=O)c(=O)n(CC)c3ccccc32)cc1. The van der Waals surface area contributed by atoms with Crippen LogP contribution in [0.4, 0.5) is 0 Å². The van der Waals surface area contributed by atoms with Crippen LogP contribution in [0.3, 0.4) is 0 Å². The van der Waals surface area contributed by atoms with Crippen molar-refractivity contribution in [3.63, 3.8) is 0 Å². The van der Waals surface area contributed by atoms with E-state index in [-0.39, 0.29) is 12.5 Å². The van der Waals surface area contributed by atoms with Crippen LogP contribution in [0.25, 0.3) is 11.0 Å². The molecule has 0 spiro atoms. The molecule has 158 valence electrons. The third-order valence-corrected chi connectivity index (χ3v) is 4.96. The first-order valence-electron chi connectivity index (χ1n) is 10.2. The van der Waals surface area contributed by atoms with Gasteiger partial charge in [-0.15, -0.1) is 0 Å². The highest BCUT2D eigenvalue weighted by atomic mass is 16.5. The number of aryl methyl sites for hydroxylation is 1. The molecule has 7 heteroatoms. The summed E-state index contributed by atoms with van der Waals surface area (Å²) >= 11 is 0. The van der Waals surface area contributed by atoms with E-state index in [4.69, 9.17) is 4.74 Å². The number of para-hydroxylation sites is 2. The van der Waals surface area contributed by atoms with Crippen LogP contribution in [-0.4, -0.2) is 34.8 Å². The molecule has 3 rings (SSSR count). The molecule has 0 saturated heterocycles. The Balaban J connectivity index is 1.79. The highest BCUT2D eigenvalue weighted by Crippen LogP contribution is 2.13. The van der Waals surface area contributed by atoms with E-state index < -0.39 is 11.1 Å². The minimum absolute atomic E-state index is 0.147. The van der Waals surface area contributed by atoms with Crippen LogP contribution in [0.2, 0.25) is 0 Å². The van der Waals surface area contributed by atoms with Crippen molar-refractivity contribution in [2.75, 3.05) is 19.8 Å². The molecule has 0 aliphatic heterocycles. The molecule has 0 bridgehead atoms. The van der Waals surface area contributed by atoms with Gasteiger partial charge >= 0.3 is 11.1 Å². The van der Waals surface area contributed by atoms with Gasteiger partial charge in [-0.2, -0.15) is 0 Å². The number of hydrogen-bond acceptors (Lipinski definition) is 4. The van der Waals surface area contributed by atoms with Crippen molar-refractivity contribution in [2.24, 2.45) is 0 Å². The molecule has 7 nitrogen and oxygen atoms in total. The van der Waals surface area contributed by atoms with E-state index in [0.717, 1.165) is 17.5 Å². The zero-order chi connectivity index (χ0) is 21.5. The lowest BCUT2D eigenvalue weighted by molar-refractivity contribution is 0.0944. The van der Waals surface area contributed by atoms with Gasteiger partial charge in [0.2, 0.25) is 0 Å². The molecule has 3 aromatic rings. The van der Waals surface area contributed by atoms with Crippen LogP contribution in [-0.2, 0) is 17.8 Å². The van der Waals surface area contributed by atoms with Crippen LogP contribution < -0.4 is 16.4 Å². The van der Waals surface area contributed by atoms with E-state index in [1.807, 2.05) is 50.2 Å². The fourth-order valence-corrected chi connectivity index (χ4v) is 3.41. The molecule has 0 aliphatic rings. The zero-order valence-electron chi connectivity index (χ0n) is 17.4. The lowest BCUT2D eigenvalue weighted by Crippen LogP contribution is -2.41. The number of hydrogen-bond donors (Lipinski definition) is 1. The highest BCUT2D eigenvalue weighted by Gasteiger charge is 2.12. The summed E-state index contributed by atoms with van der Waals surface area (Å²) < 4.78 is 8.24. The maximum atomic E-state index is 12.7. The zero-order valence-corrected chi connectivity index (χ0v) is 17.4. The quantitative estimate of drug-likeness (QED) is 0.435. The van der Waals surface area contributed by atoms with E-state index in [0.29, 0.717) is 37.4 Å². The molecule has 1 amide bonds. The number of nitrogens with zero attached hydrogens (tertiary/aromatic N) is 2. The van der Waals surface area contributed by atoms with Crippen LogP contribution in [0.1, 0.15) is 36.2 Å². The fourth-order valence-electron chi connectivity index (χ4n) is 3.41. The lowest BCUT2D eigenvalue weighted by atomic mass is 10.1. The summed E-state index contributed by atoms with van der Waals surface area (Å²) in [5.74, 6) is -0.147. The Morgan fingerprint density at radius 1 is 0.933 bits per heavy atom. The van der Waals surface area contributed by atoms with Gasteiger partial charge in [0.15, 0.2) is 0 Å². The molecule has 0 unspecified atom stereocenters. The van der Waals surface area contributed by atoms with Crippen molar-refractivity contribution >= 4 is 16.9 Å². The van der Waals surface area contributed by atoms with E-state index >= 15 is 0 Å². The molecule has 2 aromatic carbocycles. The second-order valence-corrected chi connectivity index (χ2v) is 6.93. The van der Waals surface area contributed by atoms with Gasteiger partial charge in [-0.05, 0) is 50.1 Å². The monoisotopic (exact) mass is 409 g/mol. The van der Waals surface area contributed by atoms with Crippen molar-refractivity contribution < 1.29 is 9.53 Å². The van der Waals surface area contributed by atoms with E-state index in [1.54, 1.807) is 12.1 Å². The van der Waals surface area contributed by atoms with Crippen LogP contribution in [0.5, 0.6) is 0 Å². The van der Waals surface area contributed by atoms with E-state index in [2.05, 4.69) is 5.32 Å². The molecule has 1 N–H and O–H groups in total. The Hall–Kier alpha value is -3.19. The van der Waals surface area contributed by atoms with Crippen molar-refractivity contribution in [3.8, 4) is 0 Å². The maximum Gasteiger partial charge on any atom is 0.317 e. The number of fused-ring (bicyclic) bond motifs is 1. The molecule has 0 saturated carbocycles. The molecule has 0 fully saturated rings. The van der Waals surface area contributed by atoms with Gasteiger partial charge in [0.25, 0.3) is 5.91 Å². The predicted octanol–water partition coefficient (Wildman–Crippen LogP) is 2.39. The van der Waals surface area contributed by atoms with Crippen LogP contribution >= 0.6 is 0 Å². The normalized spacial score (nSPS) is 11.0. The largest absolute Gasteiger partial charge is 0.382 e. The van der Waals surface area contributed by atoms with Crippen LogP contribution in [0, 0.1) is 0 Å². The maximum absolute atomic E-state index is 12.7. The standard InChI is InChI=1S/C23H27N3O4/c1-3-25-19-8-5-6-9-20(19)26(23(29)22(25)28)16-17-10-12-18(13-11-17)21(27)24-14-7-15-30-4-2/h5-6,8-13H,3-4,7,14-16H2,1-2H3,(H,24,27). The Morgan fingerprint density at radius 3 is 2.20 bits per heavy atom. The number of benzene rings is 2. The topological polar surface area (TPSA) is 82.3 Å². The average Bonchev–Trinajstić information content (AvgIpc) is 2.77. The smallest absolute Gasteiger partial charge is 0.317 e. The third kappa shape index (κ3) is 4.68. The fraction of sp³-hybridized carbons (Fsp3) is 0.348. The minimum Gasteiger partial charge on any atom is -0.382 e. The summed E-state index contributed by atoms with van der Waals surface area (Å²) in [6.07, 6.45) is 0.761. The average molecular weight is 409 g/mol.